The molecule has 0 aromatic heterocycles. The van der Waals surface area contributed by atoms with Crippen molar-refractivity contribution >= 4 is 46.4 Å². The highest BCUT2D eigenvalue weighted by Gasteiger charge is 2.07. The van der Waals surface area contributed by atoms with Gasteiger partial charge >= 0.3 is 0 Å². The van der Waals surface area contributed by atoms with Crippen LogP contribution in [0.3, 0.4) is 0 Å². The number of rotatable bonds is 3. The molecular weight excluding hydrogens is 293 g/mol. The lowest BCUT2D eigenvalue weighted by Gasteiger charge is -2.10. The van der Waals surface area contributed by atoms with Gasteiger partial charge in [0.1, 0.15) is 0 Å². The fourth-order valence-electron chi connectivity index (χ4n) is 1.03. The Labute approximate surface area is 120 Å². The van der Waals surface area contributed by atoms with E-state index in [1.165, 1.54) is 6.07 Å². The van der Waals surface area contributed by atoms with Gasteiger partial charge in [0.15, 0.2) is 5.11 Å². The molecule has 0 fully saturated rings. The zero-order chi connectivity index (χ0) is 13.5. The van der Waals surface area contributed by atoms with E-state index in [0.29, 0.717) is 27.3 Å². The minimum absolute atomic E-state index is 0.295. The van der Waals surface area contributed by atoms with Gasteiger partial charge in [0.25, 0.3) is 5.91 Å². The van der Waals surface area contributed by atoms with Gasteiger partial charge in [-0.05, 0) is 30.4 Å². The van der Waals surface area contributed by atoms with Crippen LogP contribution in [-0.4, -0.2) is 17.6 Å². The highest BCUT2D eigenvalue weighted by Crippen LogP contribution is 2.22. The third-order valence-electron chi connectivity index (χ3n) is 1.88. The topological polar surface area (TPSA) is 53.2 Å². The van der Waals surface area contributed by atoms with Gasteiger partial charge in [-0.25, -0.2) is 0 Å². The molecule has 1 amide bonds. The maximum Gasteiger partial charge on any atom is 0.269 e. The Morgan fingerprint density at radius 2 is 2.06 bits per heavy atom. The van der Waals surface area contributed by atoms with Crippen LogP contribution in [0.5, 0.6) is 0 Å². The van der Waals surface area contributed by atoms with E-state index < -0.39 is 0 Å². The van der Waals surface area contributed by atoms with Crippen LogP contribution in [0, 0.1) is 0 Å². The lowest BCUT2D eigenvalue weighted by atomic mass is 10.2. The molecule has 3 N–H and O–H groups in total. The number of benzene rings is 1. The van der Waals surface area contributed by atoms with Gasteiger partial charge in [0.05, 0.1) is 10.0 Å². The summed E-state index contributed by atoms with van der Waals surface area (Å²) in [5, 5.41) is 3.80. The van der Waals surface area contributed by atoms with E-state index in [1.807, 2.05) is 0 Å². The Morgan fingerprint density at radius 3 is 2.67 bits per heavy atom. The van der Waals surface area contributed by atoms with Crippen molar-refractivity contribution in [2.24, 2.45) is 0 Å². The molecule has 0 radical (unpaired) electrons. The molecule has 1 aromatic rings. The lowest BCUT2D eigenvalue weighted by Crippen LogP contribution is -2.46. The fraction of sp³-hybridized carbons (Fsp3) is 0.0909. The Kier molecular flexibility index (Phi) is 5.91. The van der Waals surface area contributed by atoms with Crippen molar-refractivity contribution in [3.8, 4) is 0 Å². The third-order valence-corrected chi connectivity index (χ3v) is 2.86. The Balaban J connectivity index is 2.52. The maximum atomic E-state index is 11.7. The van der Waals surface area contributed by atoms with Crippen LogP contribution in [0.1, 0.15) is 10.4 Å². The van der Waals surface area contributed by atoms with Gasteiger partial charge in [-0.3, -0.25) is 15.6 Å². The molecule has 0 atom stereocenters. The van der Waals surface area contributed by atoms with Crippen LogP contribution in [0.2, 0.25) is 10.0 Å². The second kappa shape index (κ2) is 7.20. The molecule has 4 nitrogen and oxygen atoms in total. The van der Waals surface area contributed by atoms with Crippen molar-refractivity contribution in [3.05, 3.63) is 46.5 Å². The molecule has 0 aliphatic heterocycles. The van der Waals surface area contributed by atoms with Gasteiger partial charge in [-0.15, -0.1) is 6.58 Å². The first kappa shape index (κ1) is 14.8. The highest BCUT2D eigenvalue weighted by atomic mass is 35.5. The van der Waals surface area contributed by atoms with Gasteiger partial charge in [-0.2, -0.15) is 0 Å². The van der Waals surface area contributed by atoms with Crippen LogP contribution in [0.4, 0.5) is 0 Å². The average molecular weight is 304 g/mol. The van der Waals surface area contributed by atoms with Crippen LogP contribution in [0.25, 0.3) is 0 Å². The van der Waals surface area contributed by atoms with Crippen molar-refractivity contribution in [1.29, 1.82) is 0 Å². The predicted molar refractivity (Wildman–Crippen MR) is 77.9 cm³/mol. The molecule has 96 valence electrons. The van der Waals surface area contributed by atoms with E-state index in [2.05, 4.69) is 22.7 Å². The molecule has 0 saturated heterocycles. The number of hydrogen-bond acceptors (Lipinski definition) is 2. The molecule has 18 heavy (non-hydrogen) atoms. The van der Waals surface area contributed by atoms with Crippen LogP contribution < -0.4 is 16.2 Å². The van der Waals surface area contributed by atoms with Crippen LogP contribution in [-0.2, 0) is 0 Å². The maximum absolute atomic E-state index is 11.7. The summed E-state index contributed by atoms with van der Waals surface area (Å²) in [5.74, 6) is -0.365. The van der Waals surface area contributed by atoms with Crippen molar-refractivity contribution in [1.82, 2.24) is 16.2 Å². The first-order chi connectivity index (χ1) is 8.54. The van der Waals surface area contributed by atoms with Crippen LogP contribution >= 0.6 is 35.4 Å². The predicted octanol–water partition coefficient (Wildman–Crippen LogP) is 2.29. The van der Waals surface area contributed by atoms with Crippen LogP contribution in [0.15, 0.2) is 30.9 Å². The van der Waals surface area contributed by atoms with E-state index in [0.717, 1.165) is 0 Å². The van der Waals surface area contributed by atoms with E-state index in [4.69, 9.17) is 35.4 Å². The Morgan fingerprint density at radius 1 is 1.33 bits per heavy atom. The van der Waals surface area contributed by atoms with E-state index in [1.54, 1.807) is 18.2 Å². The fourth-order valence-corrected chi connectivity index (χ4v) is 1.46. The van der Waals surface area contributed by atoms with Gasteiger partial charge in [0, 0.05) is 12.1 Å². The highest BCUT2D eigenvalue weighted by molar-refractivity contribution is 7.80. The number of thiocarbonyl (C=S) groups is 1. The molecule has 0 heterocycles. The SMILES string of the molecule is C=CCNC(=S)NNC(=O)c1ccc(Cl)c(Cl)c1. The molecule has 1 rings (SSSR count). The molecule has 0 aliphatic carbocycles. The number of hydrogen-bond donors (Lipinski definition) is 3. The minimum Gasteiger partial charge on any atom is -0.358 e. The summed E-state index contributed by atoms with van der Waals surface area (Å²) in [6.07, 6.45) is 1.65. The molecule has 0 aliphatic rings. The lowest BCUT2D eigenvalue weighted by molar-refractivity contribution is 0.0943. The number of carbonyl (C=O) groups excluding carboxylic acids is 1. The van der Waals surface area contributed by atoms with Crippen molar-refractivity contribution < 1.29 is 4.79 Å². The smallest absolute Gasteiger partial charge is 0.269 e. The van der Waals surface area contributed by atoms with E-state index in [9.17, 15) is 4.79 Å². The standard InChI is InChI=1S/C11H11Cl2N3OS/c1-2-5-14-11(18)16-15-10(17)7-3-4-8(12)9(13)6-7/h2-4,6H,1,5H2,(H,15,17)(H2,14,16,18). The van der Waals surface area contributed by atoms with Crippen molar-refractivity contribution in [2.75, 3.05) is 6.54 Å². The quantitative estimate of drug-likeness (QED) is 0.456. The first-order valence-corrected chi connectivity index (χ1v) is 6.11. The molecule has 1 aromatic carbocycles. The zero-order valence-electron chi connectivity index (χ0n) is 9.30. The second-order valence-corrected chi connectivity index (χ2v) is 4.43. The molecule has 0 bridgehead atoms. The normalized spacial score (nSPS) is 9.44. The molecule has 0 saturated carbocycles. The average Bonchev–Trinajstić information content (AvgIpc) is 2.36. The van der Waals surface area contributed by atoms with Gasteiger partial charge in [-0.1, -0.05) is 29.3 Å². The number of carbonyl (C=O) groups is 1. The molecule has 0 unspecified atom stereocenters. The number of hydrazine groups is 1. The summed E-state index contributed by atoms with van der Waals surface area (Å²) in [7, 11) is 0. The molecule has 0 spiro atoms. The van der Waals surface area contributed by atoms with E-state index in [-0.39, 0.29) is 5.91 Å². The third kappa shape index (κ3) is 4.52. The second-order valence-electron chi connectivity index (χ2n) is 3.21. The minimum atomic E-state index is -0.365. The summed E-state index contributed by atoms with van der Waals surface area (Å²) >= 11 is 16.5. The monoisotopic (exact) mass is 303 g/mol. The van der Waals surface area contributed by atoms with Crippen molar-refractivity contribution in [2.45, 2.75) is 0 Å². The number of amides is 1. The zero-order valence-corrected chi connectivity index (χ0v) is 11.6. The summed E-state index contributed by atoms with van der Waals surface area (Å²) in [4.78, 5) is 11.7. The molecule has 7 heteroatoms. The first-order valence-electron chi connectivity index (χ1n) is 4.94. The largest absolute Gasteiger partial charge is 0.358 e. The molecular formula is C11H11Cl2N3OS. The number of nitrogens with one attached hydrogen (secondary N) is 3. The van der Waals surface area contributed by atoms with Crippen molar-refractivity contribution in [3.63, 3.8) is 0 Å². The van der Waals surface area contributed by atoms with E-state index >= 15 is 0 Å². The summed E-state index contributed by atoms with van der Waals surface area (Å²) < 4.78 is 0. The summed E-state index contributed by atoms with van der Waals surface area (Å²) in [6.45, 7) is 4.04. The Bertz CT molecular complexity index is 479. The Hall–Kier alpha value is -1.30. The van der Waals surface area contributed by atoms with Gasteiger partial charge in [0.2, 0.25) is 0 Å². The number of halogens is 2. The summed E-state index contributed by atoms with van der Waals surface area (Å²) in [5.41, 5.74) is 5.35. The van der Waals surface area contributed by atoms with Gasteiger partial charge < -0.3 is 5.32 Å². The summed E-state index contributed by atoms with van der Waals surface area (Å²) in [6, 6.07) is 4.58.